The molecule has 40 heavy (non-hydrogen) atoms. The molecule has 214 valence electrons. The molecule has 0 radical (unpaired) electrons. The highest BCUT2D eigenvalue weighted by Gasteiger charge is 2.34. The number of hydrogen-bond acceptors (Lipinski definition) is 7. The lowest BCUT2D eigenvalue weighted by Gasteiger charge is -2.28. The highest BCUT2D eigenvalue weighted by atomic mass is 19.4. The molecule has 0 unspecified atom stereocenters. The van der Waals surface area contributed by atoms with E-state index in [2.05, 4.69) is 15.8 Å². The molecule has 4 rings (SSSR count). The van der Waals surface area contributed by atoms with Crippen molar-refractivity contribution in [1.82, 2.24) is 20.1 Å². The summed E-state index contributed by atoms with van der Waals surface area (Å²) in [6, 6.07) is 8.95. The fourth-order valence-corrected chi connectivity index (χ4v) is 4.51. The lowest BCUT2D eigenvalue weighted by Crippen LogP contribution is -2.36. The van der Waals surface area contributed by atoms with E-state index in [9.17, 15) is 18.0 Å². The number of nitrogens with two attached hydrogens (primary N) is 1. The summed E-state index contributed by atoms with van der Waals surface area (Å²) in [6.07, 6.45) is -1.20. The van der Waals surface area contributed by atoms with Crippen molar-refractivity contribution in [3.63, 3.8) is 0 Å². The predicted molar refractivity (Wildman–Crippen MR) is 148 cm³/mol. The van der Waals surface area contributed by atoms with Crippen molar-refractivity contribution in [2.75, 3.05) is 43.7 Å². The summed E-state index contributed by atoms with van der Waals surface area (Å²) in [7, 11) is 3.53. The van der Waals surface area contributed by atoms with Gasteiger partial charge in [0, 0.05) is 62.4 Å². The maximum atomic E-state index is 13.9. The van der Waals surface area contributed by atoms with Crippen molar-refractivity contribution < 1.29 is 22.7 Å². The summed E-state index contributed by atoms with van der Waals surface area (Å²) < 4.78 is 48.8. The number of hydrogen-bond donors (Lipinski definition) is 3. The van der Waals surface area contributed by atoms with Crippen molar-refractivity contribution in [3.05, 3.63) is 82.3 Å². The van der Waals surface area contributed by atoms with Crippen LogP contribution in [0.2, 0.25) is 0 Å². The normalized spacial score (nSPS) is 14.8. The number of benzene rings is 2. The number of carbonyl (C=O) groups is 1. The van der Waals surface area contributed by atoms with Gasteiger partial charge in [-0.3, -0.25) is 19.4 Å². The lowest BCUT2D eigenvalue weighted by atomic mass is 10.0. The van der Waals surface area contributed by atoms with Crippen LogP contribution in [0, 0.1) is 13.8 Å². The van der Waals surface area contributed by atoms with Crippen LogP contribution in [0.15, 0.2) is 48.8 Å². The smallest absolute Gasteiger partial charge is 0.397 e. The first-order valence-corrected chi connectivity index (χ1v) is 12.8. The number of ether oxygens (including phenoxy) is 1. The monoisotopic (exact) mass is 557 g/mol. The number of rotatable bonds is 8. The summed E-state index contributed by atoms with van der Waals surface area (Å²) in [5, 5.41) is 8.52. The van der Waals surface area contributed by atoms with Crippen molar-refractivity contribution in [2.24, 2.45) is 12.8 Å². The van der Waals surface area contributed by atoms with Gasteiger partial charge in [-0.25, -0.2) is 5.43 Å². The minimum absolute atomic E-state index is 0.0619. The third-order valence-corrected chi connectivity index (χ3v) is 6.96. The Morgan fingerprint density at radius 1 is 1.18 bits per heavy atom. The third-order valence-electron chi connectivity index (χ3n) is 6.96. The first-order valence-electron chi connectivity index (χ1n) is 12.8. The molecule has 3 aromatic rings. The zero-order valence-corrected chi connectivity index (χ0v) is 23.0. The number of aromatic nitrogens is 2. The Labute approximate surface area is 231 Å². The van der Waals surface area contributed by atoms with Crippen LogP contribution in [-0.4, -0.2) is 53.9 Å². The first kappa shape index (κ1) is 29.1. The van der Waals surface area contributed by atoms with E-state index in [1.54, 1.807) is 47.3 Å². The molecule has 0 saturated carbocycles. The van der Waals surface area contributed by atoms with Crippen LogP contribution >= 0.6 is 0 Å². The third kappa shape index (κ3) is 6.64. The SMILES string of the molecule is CNN(/C=C(\N)c1cnn(C)c1C)c1cc(C(=O)Nc2ccc(CN3CCOCC3)c(C(F)(F)F)c2)ccc1C. The van der Waals surface area contributed by atoms with Crippen LogP contribution in [0.4, 0.5) is 24.5 Å². The van der Waals surface area contributed by atoms with Crippen LogP contribution in [0.1, 0.15) is 38.3 Å². The maximum absolute atomic E-state index is 13.9. The number of nitrogens with one attached hydrogen (secondary N) is 2. The highest BCUT2D eigenvalue weighted by Crippen LogP contribution is 2.35. The quantitative estimate of drug-likeness (QED) is 0.360. The van der Waals surface area contributed by atoms with Crippen molar-refractivity contribution in [2.45, 2.75) is 26.6 Å². The number of halogens is 3. The Hall–Kier alpha value is -3.87. The van der Waals surface area contributed by atoms with E-state index in [1.807, 2.05) is 25.8 Å². The number of carbonyl (C=O) groups excluding carboxylic acids is 1. The second-order valence-corrected chi connectivity index (χ2v) is 9.66. The molecule has 2 heterocycles. The Balaban J connectivity index is 1.57. The molecule has 0 aliphatic carbocycles. The molecule has 12 heteroatoms. The standard InChI is InChI=1S/C28H34F3N7O2/c1-18-5-6-20(13-26(18)38(33-3)17-25(32)23-15-34-36(4)19(23)2)27(39)35-22-8-7-21(24(14-22)28(29,30)31)16-37-9-11-40-12-10-37/h5-8,13-15,17,33H,9-12,16,32H2,1-4H3,(H,35,39)/b25-17-. The van der Waals surface area contributed by atoms with Gasteiger partial charge in [0.15, 0.2) is 0 Å². The molecular weight excluding hydrogens is 523 g/mol. The van der Waals surface area contributed by atoms with E-state index in [0.29, 0.717) is 37.7 Å². The minimum atomic E-state index is -4.56. The molecule has 0 bridgehead atoms. The molecule has 1 aromatic heterocycles. The van der Waals surface area contributed by atoms with E-state index >= 15 is 0 Å². The molecule has 1 aliphatic rings. The summed E-state index contributed by atoms with van der Waals surface area (Å²) in [6.45, 7) is 6.05. The van der Waals surface area contributed by atoms with E-state index in [1.165, 1.54) is 12.1 Å². The van der Waals surface area contributed by atoms with Gasteiger partial charge >= 0.3 is 6.18 Å². The predicted octanol–water partition coefficient (Wildman–Crippen LogP) is 4.04. The van der Waals surface area contributed by atoms with E-state index in [4.69, 9.17) is 10.5 Å². The van der Waals surface area contributed by atoms with Gasteiger partial charge in [-0.05, 0) is 49.2 Å². The topological polar surface area (TPSA) is 101 Å². The van der Waals surface area contributed by atoms with Gasteiger partial charge < -0.3 is 15.8 Å². The molecule has 1 fully saturated rings. The van der Waals surface area contributed by atoms with Crippen molar-refractivity contribution in [3.8, 4) is 0 Å². The van der Waals surface area contributed by atoms with Crippen LogP contribution in [-0.2, 0) is 24.5 Å². The molecule has 0 spiro atoms. The maximum Gasteiger partial charge on any atom is 0.416 e. The van der Waals surface area contributed by atoms with Gasteiger partial charge in [-0.2, -0.15) is 18.3 Å². The van der Waals surface area contributed by atoms with E-state index in [0.717, 1.165) is 22.9 Å². The molecule has 4 N–H and O–H groups in total. The molecule has 9 nitrogen and oxygen atoms in total. The Kier molecular flexibility index (Phi) is 8.82. The van der Waals surface area contributed by atoms with Gasteiger partial charge in [-0.15, -0.1) is 0 Å². The minimum Gasteiger partial charge on any atom is -0.397 e. The number of anilines is 2. The Morgan fingerprint density at radius 2 is 1.90 bits per heavy atom. The van der Waals surface area contributed by atoms with Gasteiger partial charge in [0.05, 0.1) is 36.4 Å². The van der Waals surface area contributed by atoms with Crippen LogP contribution in [0.5, 0.6) is 0 Å². The Bertz CT molecular complexity index is 1400. The van der Waals surface area contributed by atoms with Crippen LogP contribution in [0.3, 0.4) is 0 Å². The number of amides is 1. The van der Waals surface area contributed by atoms with Crippen LogP contribution < -0.4 is 21.5 Å². The second-order valence-electron chi connectivity index (χ2n) is 9.66. The molecule has 1 saturated heterocycles. The summed E-state index contributed by atoms with van der Waals surface area (Å²) in [5.74, 6) is -0.536. The average Bonchev–Trinajstić information content (AvgIpc) is 3.26. The highest BCUT2D eigenvalue weighted by molar-refractivity contribution is 6.05. The first-order chi connectivity index (χ1) is 19.0. The number of nitrogens with zero attached hydrogens (tertiary/aromatic N) is 4. The summed E-state index contributed by atoms with van der Waals surface area (Å²) in [4.78, 5) is 15.1. The number of morpholine rings is 1. The molecule has 0 atom stereocenters. The molecule has 1 aliphatic heterocycles. The fourth-order valence-electron chi connectivity index (χ4n) is 4.51. The second kappa shape index (κ2) is 12.1. The number of alkyl halides is 3. The van der Waals surface area contributed by atoms with E-state index < -0.39 is 17.6 Å². The summed E-state index contributed by atoms with van der Waals surface area (Å²) >= 11 is 0. The Morgan fingerprint density at radius 3 is 2.52 bits per heavy atom. The van der Waals surface area contributed by atoms with Crippen LogP contribution in [0.25, 0.3) is 5.70 Å². The number of aryl methyl sites for hydroxylation is 2. The molecular formula is C28H34F3N7O2. The van der Waals surface area contributed by atoms with E-state index in [-0.39, 0.29) is 23.4 Å². The zero-order chi connectivity index (χ0) is 29.0. The summed E-state index contributed by atoms with van der Waals surface area (Å²) in [5.41, 5.74) is 12.7. The van der Waals surface area contributed by atoms with Gasteiger partial charge in [0.2, 0.25) is 0 Å². The van der Waals surface area contributed by atoms with Gasteiger partial charge in [0.25, 0.3) is 5.91 Å². The number of hydrazine groups is 1. The molecule has 2 aromatic carbocycles. The average molecular weight is 558 g/mol. The zero-order valence-electron chi connectivity index (χ0n) is 23.0. The van der Waals surface area contributed by atoms with Crippen molar-refractivity contribution >= 4 is 23.0 Å². The lowest BCUT2D eigenvalue weighted by molar-refractivity contribution is -0.138. The largest absolute Gasteiger partial charge is 0.416 e. The fraction of sp³-hybridized carbons (Fsp3) is 0.357. The van der Waals surface area contributed by atoms with Gasteiger partial charge in [0.1, 0.15) is 0 Å². The molecule has 1 amide bonds. The van der Waals surface area contributed by atoms with Gasteiger partial charge in [-0.1, -0.05) is 12.1 Å². The van der Waals surface area contributed by atoms with Crippen molar-refractivity contribution in [1.29, 1.82) is 0 Å².